The van der Waals surface area contributed by atoms with Crippen LogP contribution in [0.3, 0.4) is 0 Å². The maximum atomic E-state index is 13.0. The van der Waals surface area contributed by atoms with Crippen molar-refractivity contribution in [3.63, 3.8) is 0 Å². The first-order valence-electron chi connectivity index (χ1n) is 9.85. The summed E-state index contributed by atoms with van der Waals surface area (Å²) in [5.74, 6) is -0.473. The minimum absolute atomic E-state index is 0.0452. The topological polar surface area (TPSA) is 121 Å². The van der Waals surface area contributed by atoms with Gasteiger partial charge in [-0.3, -0.25) is 14.9 Å². The van der Waals surface area contributed by atoms with Crippen LogP contribution in [-0.4, -0.2) is 43.3 Å². The molecule has 4 rings (SSSR count). The Kier molecular flexibility index (Phi) is 6.43. The zero-order valence-corrected chi connectivity index (χ0v) is 20.1. The zero-order chi connectivity index (χ0) is 23.8. The third-order valence-electron chi connectivity index (χ3n) is 4.86. The summed E-state index contributed by atoms with van der Waals surface area (Å²) in [5.41, 5.74) is 0.710. The van der Waals surface area contributed by atoms with Crippen molar-refractivity contribution in [1.29, 1.82) is 0 Å². The second-order valence-electron chi connectivity index (χ2n) is 7.14. The number of aromatic nitrogens is 1. The number of non-ortho nitro benzene ring substituents is 1. The minimum Gasteiger partial charge on any atom is -0.380 e. The van der Waals surface area contributed by atoms with Crippen molar-refractivity contribution in [3.05, 3.63) is 62.3 Å². The number of thiophene rings is 1. The van der Waals surface area contributed by atoms with Crippen molar-refractivity contribution in [2.24, 2.45) is 4.99 Å². The number of hydrogen-bond acceptors (Lipinski definition) is 8. The number of carbonyl (C=O) groups excluding carboxylic acids is 1. The highest BCUT2D eigenvalue weighted by molar-refractivity contribution is 7.90. The molecule has 0 bridgehead atoms. The highest BCUT2D eigenvalue weighted by Crippen LogP contribution is 2.29. The number of nitro groups is 1. The fraction of sp³-hybridized carbons (Fsp3) is 0.238. The fourth-order valence-electron chi connectivity index (χ4n) is 3.28. The number of nitrogens with zero attached hydrogens (tertiary/aromatic N) is 3. The van der Waals surface area contributed by atoms with Gasteiger partial charge >= 0.3 is 0 Å². The van der Waals surface area contributed by atoms with Gasteiger partial charge in [0.2, 0.25) is 0 Å². The van der Waals surface area contributed by atoms with E-state index in [1.807, 2.05) is 11.5 Å². The van der Waals surface area contributed by atoms with Gasteiger partial charge in [0.1, 0.15) is 0 Å². The standard InChI is InChI=1S/C21H19N3O6S3/c1-3-30-9-8-23-16-6-5-15(33(2,28)29)12-18(16)32-21(23)22-20(25)19-11-13-10-14(24(26)27)4-7-17(13)31-19/h4-7,10-12H,3,8-9H2,1-2H3. The molecule has 0 unspecified atom stereocenters. The first-order chi connectivity index (χ1) is 15.7. The summed E-state index contributed by atoms with van der Waals surface area (Å²) in [6.45, 7) is 3.27. The lowest BCUT2D eigenvalue weighted by atomic mass is 10.2. The molecule has 172 valence electrons. The first-order valence-corrected chi connectivity index (χ1v) is 13.4. The molecule has 2 heterocycles. The quantitative estimate of drug-likeness (QED) is 0.213. The second-order valence-corrected chi connectivity index (χ2v) is 11.3. The predicted octanol–water partition coefficient (Wildman–Crippen LogP) is 4.01. The summed E-state index contributed by atoms with van der Waals surface area (Å²) in [6.07, 6.45) is 1.14. The molecular formula is C21H19N3O6S3. The maximum Gasteiger partial charge on any atom is 0.289 e. The first kappa shape index (κ1) is 23.2. The molecule has 0 saturated heterocycles. The average Bonchev–Trinajstić information content (AvgIpc) is 3.33. The molecule has 1 amide bonds. The van der Waals surface area contributed by atoms with Gasteiger partial charge in [-0.1, -0.05) is 11.3 Å². The Bertz CT molecular complexity index is 1560. The molecule has 0 fully saturated rings. The van der Waals surface area contributed by atoms with Gasteiger partial charge in [0.15, 0.2) is 14.6 Å². The average molecular weight is 506 g/mol. The molecule has 2 aromatic heterocycles. The highest BCUT2D eigenvalue weighted by Gasteiger charge is 2.16. The molecule has 0 aliphatic heterocycles. The van der Waals surface area contributed by atoms with E-state index in [1.165, 1.54) is 40.9 Å². The van der Waals surface area contributed by atoms with E-state index in [0.717, 1.165) is 16.5 Å². The van der Waals surface area contributed by atoms with Crippen LogP contribution in [0.25, 0.3) is 20.3 Å². The minimum atomic E-state index is -3.38. The number of fused-ring (bicyclic) bond motifs is 2. The summed E-state index contributed by atoms with van der Waals surface area (Å²) in [6, 6.07) is 10.9. The Balaban J connectivity index is 1.80. The molecule has 2 aromatic carbocycles. The van der Waals surface area contributed by atoms with Crippen molar-refractivity contribution >= 4 is 64.4 Å². The molecule has 0 radical (unpaired) electrons. The Morgan fingerprint density at radius 2 is 1.94 bits per heavy atom. The van der Waals surface area contributed by atoms with Crippen LogP contribution >= 0.6 is 22.7 Å². The highest BCUT2D eigenvalue weighted by atomic mass is 32.2. The summed E-state index contributed by atoms with van der Waals surface area (Å²) < 4.78 is 32.6. The number of sulfone groups is 1. The van der Waals surface area contributed by atoms with Crippen LogP contribution in [0, 0.1) is 10.1 Å². The monoisotopic (exact) mass is 505 g/mol. The Hall–Kier alpha value is -2.93. The molecule has 12 heteroatoms. The van der Waals surface area contributed by atoms with Crippen LogP contribution in [0.15, 0.2) is 52.4 Å². The van der Waals surface area contributed by atoms with Crippen molar-refractivity contribution in [2.45, 2.75) is 18.4 Å². The summed E-state index contributed by atoms with van der Waals surface area (Å²) in [5, 5.41) is 11.6. The number of rotatable bonds is 7. The van der Waals surface area contributed by atoms with Gasteiger partial charge in [-0.2, -0.15) is 4.99 Å². The number of thiazole rings is 1. The summed E-state index contributed by atoms with van der Waals surface area (Å²) >= 11 is 2.43. The van der Waals surface area contributed by atoms with E-state index in [9.17, 15) is 23.3 Å². The predicted molar refractivity (Wildman–Crippen MR) is 128 cm³/mol. The van der Waals surface area contributed by atoms with Gasteiger partial charge in [-0.25, -0.2) is 8.42 Å². The molecule has 0 N–H and O–H groups in total. The van der Waals surface area contributed by atoms with Crippen molar-refractivity contribution < 1.29 is 22.9 Å². The number of nitro benzene ring substituents is 1. The van der Waals surface area contributed by atoms with Gasteiger partial charge in [-0.05, 0) is 37.3 Å². The van der Waals surface area contributed by atoms with Crippen LogP contribution in [0.1, 0.15) is 16.6 Å². The maximum absolute atomic E-state index is 13.0. The van der Waals surface area contributed by atoms with E-state index in [-0.39, 0.29) is 10.6 Å². The lowest BCUT2D eigenvalue weighted by Gasteiger charge is -2.06. The van der Waals surface area contributed by atoms with Gasteiger partial charge in [0.25, 0.3) is 11.6 Å². The van der Waals surface area contributed by atoms with E-state index < -0.39 is 20.7 Å². The molecule has 0 aliphatic carbocycles. The van der Waals surface area contributed by atoms with Gasteiger partial charge in [-0.15, -0.1) is 11.3 Å². The molecule has 0 saturated carbocycles. The molecule has 0 atom stereocenters. The van der Waals surface area contributed by atoms with Crippen LogP contribution in [0.5, 0.6) is 0 Å². The van der Waals surface area contributed by atoms with Crippen molar-refractivity contribution in [1.82, 2.24) is 4.57 Å². The third-order valence-corrected chi connectivity index (χ3v) is 8.12. The Labute approximate surface area is 196 Å². The van der Waals surface area contributed by atoms with Crippen molar-refractivity contribution in [3.8, 4) is 0 Å². The van der Waals surface area contributed by atoms with E-state index in [0.29, 0.717) is 39.5 Å². The number of amides is 1. The fourth-order valence-corrected chi connectivity index (χ4v) is 6.02. The smallest absolute Gasteiger partial charge is 0.289 e. The van der Waals surface area contributed by atoms with Gasteiger partial charge in [0, 0.05) is 41.6 Å². The summed E-state index contributed by atoms with van der Waals surface area (Å²) in [4.78, 5) is 28.8. The molecule has 0 aliphatic rings. The van der Waals surface area contributed by atoms with E-state index >= 15 is 0 Å². The van der Waals surface area contributed by atoms with E-state index in [4.69, 9.17) is 4.74 Å². The Morgan fingerprint density at radius 3 is 2.64 bits per heavy atom. The lowest BCUT2D eigenvalue weighted by Crippen LogP contribution is -2.19. The number of hydrogen-bond donors (Lipinski definition) is 0. The molecule has 4 aromatic rings. The lowest BCUT2D eigenvalue weighted by molar-refractivity contribution is -0.384. The number of carbonyl (C=O) groups is 1. The second kappa shape index (κ2) is 9.14. The summed E-state index contributed by atoms with van der Waals surface area (Å²) in [7, 11) is -3.38. The van der Waals surface area contributed by atoms with Crippen LogP contribution in [0.2, 0.25) is 0 Å². The Morgan fingerprint density at radius 1 is 1.15 bits per heavy atom. The zero-order valence-electron chi connectivity index (χ0n) is 17.7. The van der Waals surface area contributed by atoms with Crippen LogP contribution in [0.4, 0.5) is 5.69 Å². The van der Waals surface area contributed by atoms with Gasteiger partial charge in [0.05, 0.1) is 31.5 Å². The van der Waals surface area contributed by atoms with Crippen LogP contribution in [-0.2, 0) is 21.1 Å². The SMILES string of the molecule is CCOCCn1c(=NC(=O)c2cc3cc([N+](=O)[O-])ccc3s2)sc2cc(S(C)(=O)=O)ccc21. The molecule has 9 nitrogen and oxygen atoms in total. The number of benzene rings is 2. The molecule has 0 spiro atoms. The molecule has 33 heavy (non-hydrogen) atoms. The number of ether oxygens (including phenoxy) is 1. The third kappa shape index (κ3) is 4.88. The van der Waals surface area contributed by atoms with Crippen molar-refractivity contribution in [2.75, 3.05) is 19.5 Å². The normalized spacial score (nSPS) is 12.6. The molecular weight excluding hydrogens is 486 g/mol. The van der Waals surface area contributed by atoms with Gasteiger partial charge < -0.3 is 9.30 Å². The largest absolute Gasteiger partial charge is 0.380 e. The van der Waals surface area contributed by atoms with E-state index in [2.05, 4.69) is 4.99 Å². The van der Waals surface area contributed by atoms with Crippen LogP contribution < -0.4 is 4.80 Å². The van der Waals surface area contributed by atoms with E-state index in [1.54, 1.807) is 24.3 Å².